The van der Waals surface area contributed by atoms with Gasteiger partial charge in [0, 0.05) is 23.9 Å². The second-order valence-electron chi connectivity index (χ2n) is 7.65. The Bertz CT molecular complexity index is 1280. The molecule has 2 N–H and O–H groups in total. The number of hydrogen-bond acceptors (Lipinski definition) is 7. The highest BCUT2D eigenvalue weighted by Gasteiger charge is 2.35. The lowest BCUT2D eigenvalue weighted by atomic mass is 9.87. The van der Waals surface area contributed by atoms with Gasteiger partial charge in [-0.2, -0.15) is 0 Å². The first-order chi connectivity index (χ1) is 16.0. The molecule has 2 aliphatic rings. The van der Waals surface area contributed by atoms with Crippen molar-refractivity contribution in [1.82, 2.24) is 4.98 Å². The van der Waals surface area contributed by atoms with Crippen molar-refractivity contribution in [3.63, 3.8) is 0 Å². The molecule has 33 heavy (non-hydrogen) atoms. The van der Waals surface area contributed by atoms with Crippen molar-refractivity contribution in [3.05, 3.63) is 82.9 Å². The second-order valence-corrected chi connectivity index (χ2v) is 7.65. The SMILES string of the molecule is O=C(O)CC(c1cccnc1)c1c(O)ccc2c1OC(=Cc1ccc3c(c1)OCCO3)C2=O. The van der Waals surface area contributed by atoms with Gasteiger partial charge in [0.2, 0.25) is 5.78 Å². The van der Waals surface area contributed by atoms with Gasteiger partial charge in [-0.15, -0.1) is 0 Å². The maximum Gasteiger partial charge on any atom is 0.304 e. The number of aromatic hydroxyl groups is 1. The maximum absolute atomic E-state index is 13.1. The first kappa shape index (κ1) is 20.6. The summed E-state index contributed by atoms with van der Waals surface area (Å²) in [5, 5.41) is 20.2. The zero-order valence-corrected chi connectivity index (χ0v) is 17.4. The third-order valence-corrected chi connectivity index (χ3v) is 5.53. The average Bonchev–Trinajstić information content (AvgIpc) is 3.13. The van der Waals surface area contributed by atoms with E-state index in [0.717, 1.165) is 0 Å². The van der Waals surface area contributed by atoms with Gasteiger partial charge in [0.25, 0.3) is 0 Å². The molecule has 1 aromatic heterocycles. The van der Waals surface area contributed by atoms with Crippen LogP contribution in [0.25, 0.3) is 6.08 Å². The van der Waals surface area contributed by atoms with Gasteiger partial charge in [0.1, 0.15) is 24.7 Å². The Morgan fingerprint density at radius 3 is 2.70 bits per heavy atom. The fraction of sp³-hybridized carbons (Fsp3) is 0.160. The Hall–Kier alpha value is -4.33. The van der Waals surface area contributed by atoms with Crippen LogP contribution in [-0.2, 0) is 4.79 Å². The zero-order valence-electron chi connectivity index (χ0n) is 17.4. The van der Waals surface area contributed by atoms with Crippen LogP contribution in [-0.4, -0.2) is 40.2 Å². The van der Waals surface area contributed by atoms with Crippen molar-refractivity contribution >= 4 is 17.8 Å². The molecule has 2 aromatic carbocycles. The molecule has 0 fully saturated rings. The molecule has 0 aliphatic carbocycles. The van der Waals surface area contributed by atoms with Crippen molar-refractivity contribution in [2.24, 2.45) is 0 Å². The first-order valence-electron chi connectivity index (χ1n) is 10.3. The molecule has 0 saturated heterocycles. The summed E-state index contributed by atoms with van der Waals surface area (Å²) in [4.78, 5) is 28.8. The molecule has 2 aliphatic heterocycles. The largest absolute Gasteiger partial charge is 0.508 e. The number of nitrogens with zero attached hydrogens (tertiary/aromatic N) is 1. The number of phenolic OH excluding ortho intramolecular Hbond substituents is 1. The summed E-state index contributed by atoms with van der Waals surface area (Å²) < 4.78 is 17.0. The number of aromatic nitrogens is 1. The van der Waals surface area contributed by atoms with E-state index in [0.29, 0.717) is 35.8 Å². The van der Waals surface area contributed by atoms with Crippen LogP contribution in [0.4, 0.5) is 0 Å². The smallest absolute Gasteiger partial charge is 0.304 e. The molecule has 166 valence electrons. The predicted molar refractivity (Wildman–Crippen MR) is 117 cm³/mol. The molecule has 0 spiro atoms. The average molecular weight is 445 g/mol. The number of fused-ring (bicyclic) bond motifs is 2. The van der Waals surface area contributed by atoms with E-state index in [-0.39, 0.29) is 40.6 Å². The number of hydrogen-bond donors (Lipinski definition) is 2. The van der Waals surface area contributed by atoms with E-state index in [9.17, 15) is 19.8 Å². The van der Waals surface area contributed by atoms with Crippen LogP contribution >= 0.6 is 0 Å². The van der Waals surface area contributed by atoms with Crippen molar-refractivity contribution < 1.29 is 34.0 Å². The lowest BCUT2D eigenvalue weighted by Gasteiger charge is -2.19. The van der Waals surface area contributed by atoms with E-state index >= 15 is 0 Å². The fourth-order valence-corrected chi connectivity index (χ4v) is 4.04. The quantitative estimate of drug-likeness (QED) is 0.570. The summed E-state index contributed by atoms with van der Waals surface area (Å²) in [6.45, 7) is 0.918. The van der Waals surface area contributed by atoms with Crippen LogP contribution in [0, 0.1) is 0 Å². The topological polar surface area (TPSA) is 115 Å². The lowest BCUT2D eigenvalue weighted by Crippen LogP contribution is -2.15. The molecular formula is C25H19NO7. The summed E-state index contributed by atoms with van der Waals surface area (Å²) in [7, 11) is 0. The van der Waals surface area contributed by atoms with Gasteiger partial charge < -0.3 is 24.4 Å². The third kappa shape index (κ3) is 3.87. The summed E-state index contributed by atoms with van der Waals surface area (Å²) >= 11 is 0. The molecule has 8 heteroatoms. The van der Waals surface area contributed by atoms with Gasteiger partial charge in [-0.05, 0) is 47.5 Å². The van der Waals surface area contributed by atoms with E-state index < -0.39 is 11.9 Å². The van der Waals surface area contributed by atoms with E-state index in [2.05, 4.69) is 4.98 Å². The minimum atomic E-state index is -1.06. The Kier molecular flexibility index (Phi) is 5.18. The summed E-state index contributed by atoms with van der Waals surface area (Å²) in [5.41, 5.74) is 1.76. The Morgan fingerprint density at radius 1 is 1.12 bits per heavy atom. The van der Waals surface area contributed by atoms with Gasteiger partial charge in [-0.1, -0.05) is 12.1 Å². The van der Waals surface area contributed by atoms with Crippen LogP contribution in [0.15, 0.2) is 60.6 Å². The number of ether oxygens (including phenoxy) is 3. The number of benzene rings is 2. The Labute approximate surface area is 188 Å². The number of aliphatic carboxylic acids is 1. The zero-order chi connectivity index (χ0) is 22.9. The number of carboxylic acid groups (broad SMARTS) is 1. The number of pyridine rings is 1. The molecule has 1 unspecified atom stereocenters. The number of allylic oxidation sites excluding steroid dienone is 1. The van der Waals surface area contributed by atoms with Gasteiger partial charge in [-0.25, -0.2) is 0 Å². The van der Waals surface area contributed by atoms with Crippen molar-refractivity contribution in [3.8, 4) is 23.0 Å². The number of carbonyl (C=O) groups is 2. The molecule has 3 heterocycles. The molecule has 0 amide bonds. The maximum atomic E-state index is 13.1. The number of ketones is 1. The monoisotopic (exact) mass is 445 g/mol. The van der Waals surface area contributed by atoms with E-state index in [1.807, 2.05) is 0 Å². The van der Waals surface area contributed by atoms with Gasteiger partial charge in [0.05, 0.1) is 12.0 Å². The molecule has 0 radical (unpaired) electrons. The normalized spacial score (nSPS) is 16.2. The number of phenols is 1. The van der Waals surface area contributed by atoms with Crippen LogP contribution < -0.4 is 14.2 Å². The van der Waals surface area contributed by atoms with Crippen molar-refractivity contribution in [2.75, 3.05) is 13.2 Å². The molecule has 5 rings (SSSR count). The molecule has 1 atom stereocenters. The van der Waals surface area contributed by atoms with E-state index in [1.54, 1.807) is 42.6 Å². The van der Waals surface area contributed by atoms with E-state index in [4.69, 9.17) is 14.2 Å². The van der Waals surface area contributed by atoms with Crippen LogP contribution in [0.2, 0.25) is 0 Å². The highest BCUT2D eigenvalue weighted by atomic mass is 16.6. The highest BCUT2D eigenvalue weighted by molar-refractivity contribution is 6.15. The fourth-order valence-electron chi connectivity index (χ4n) is 4.04. The minimum Gasteiger partial charge on any atom is -0.508 e. The first-order valence-corrected chi connectivity index (χ1v) is 10.3. The summed E-state index contributed by atoms with van der Waals surface area (Å²) in [5.74, 6) is -0.906. The Morgan fingerprint density at radius 2 is 1.94 bits per heavy atom. The van der Waals surface area contributed by atoms with Crippen LogP contribution in [0.5, 0.6) is 23.0 Å². The van der Waals surface area contributed by atoms with Crippen LogP contribution in [0.3, 0.4) is 0 Å². The van der Waals surface area contributed by atoms with Gasteiger partial charge in [-0.3, -0.25) is 14.6 Å². The number of carboxylic acids is 1. The molecule has 8 nitrogen and oxygen atoms in total. The van der Waals surface area contributed by atoms with Crippen molar-refractivity contribution in [1.29, 1.82) is 0 Å². The number of Topliss-reactive ketones (excluding diaryl/α,β-unsaturated/α-hetero) is 1. The number of rotatable bonds is 5. The van der Waals surface area contributed by atoms with E-state index in [1.165, 1.54) is 18.3 Å². The third-order valence-electron chi connectivity index (χ3n) is 5.53. The highest BCUT2D eigenvalue weighted by Crippen LogP contribution is 2.46. The second kappa shape index (κ2) is 8.31. The predicted octanol–water partition coefficient (Wildman–Crippen LogP) is 3.78. The lowest BCUT2D eigenvalue weighted by molar-refractivity contribution is -0.137. The minimum absolute atomic E-state index is 0.0637. The summed E-state index contributed by atoms with van der Waals surface area (Å²) in [6, 6.07) is 11.6. The number of carbonyl (C=O) groups excluding carboxylic acids is 1. The molecule has 0 bridgehead atoms. The van der Waals surface area contributed by atoms with Gasteiger partial charge in [0.15, 0.2) is 17.3 Å². The van der Waals surface area contributed by atoms with Crippen LogP contribution in [0.1, 0.15) is 39.4 Å². The van der Waals surface area contributed by atoms with Gasteiger partial charge >= 0.3 is 5.97 Å². The standard InChI is InChI=1S/C25H19NO7/c27-18-5-4-16-24(30)21(11-14-3-6-19-20(10-14)32-9-8-31-19)33-25(16)23(18)17(12-22(28)29)15-2-1-7-26-13-15/h1-7,10-11,13,17,27H,8-9,12H2,(H,28,29). The molecule has 0 saturated carbocycles. The Balaban J connectivity index is 1.56. The molecule has 3 aromatic rings. The summed E-state index contributed by atoms with van der Waals surface area (Å²) in [6.07, 6.45) is 4.38. The molecular weight excluding hydrogens is 426 g/mol. The van der Waals surface area contributed by atoms with Crippen molar-refractivity contribution in [2.45, 2.75) is 12.3 Å².